The average molecular weight is 336 g/mol. The maximum atomic E-state index is 12.6. The molecular formula is C16H20N2O4S. The number of benzene rings is 1. The van der Waals surface area contributed by atoms with Gasteiger partial charge < -0.3 is 4.74 Å². The fourth-order valence-electron chi connectivity index (χ4n) is 2.27. The van der Waals surface area contributed by atoms with E-state index >= 15 is 0 Å². The maximum Gasteiger partial charge on any atom is 0.363 e. The van der Waals surface area contributed by atoms with Gasteiger partial charge in [-0.15, -0.1) is 0 Å². The van der Waals surface area contributed by atoms with Crippen LogP contribution in [0, 0.1) is 0 Å². The quantitative estimate of drug-likeness (QED) is 0.590. The van der Waals surface area contributed by atoms with Crippen molar-refractivity contribution in [2.24, 2.45) is 4.99 Å². The topological polar surface area (TPSA) is 76.0 Å². The smallest absolute Gasteiger partial charge is 0.363 e. The van der Waals surface area contributed by atoms with Crippen LogP contribution in [0.15, 0.2) is 45.9 Å². The lowest BCUT2D eigenvalue weighted by Crippen LogP contribution is -2.30. The summed E-state index contributed by atoms with van der Waals surface area (Å²) in [5.41, 5.74) is 0.714. The van der Waals surface area contributed by atoms with Crippen LogP contribution in [0.25, 0.3) is 0 Å². The Bertz CT molecular complexity index is 762. The van der Waals surface area contributed by atoms with Crippen LogP contribution < -0.4 is 0 Å². The number of carbonyl (C=O) groups excluding carboxylic acids is 1. The minimum absolute atomic E-state index is 0.131. The summed E-state index contributed by atoms with van der Waals surface area (Å²) in [7, 11) is -3.57. The second kappa shape index (κ2) is 7.06. The highest BCUT2D eigenvalue weighted by Gasteiger charge is 2.26. The third-order valence-electron chi connectivity index (χ3n) is 3.44. The standard InChI is InChI=1S/C16H20N2O4S/c1-4-8-14-16(19)22-15(17-14)12-9-7-10-13(11-12)23(20,21)18(5-2)6-3/h7-11H,4-6H2,1-3H3/b14-8-. The number of carbonyl (C=O) groups is 1. The van der Waals surface area contributed by atoms with E-state index in [4.69, 9.17) is 4.74 Å². The van der Waals surface area contributed by atoms with Gasteiger partial charge in [0.2, 0.25) is 15.9 Å². The molecule has 1 aliphatic heterocycles. The summed E-state index contributed by atoms with van der Waals surface area (Å²) in [5, 5.41) is 0. The summed E-state index contributed by atoms with van der Waals surface area (Å²) in [4.78, 5) is 16.0. The van der Waals surface area contributed by atoms with Crippen molar-refractivity contribution in [3.8, 4) is 0 Å². The van der Waals surface area contributed by atoms with E-state index in [1.165, 1.54) is 16.4 Å². The molecule has 0 amide bonds. The first-order valence-electron chi connectivity index (χ1n) is 7.55. The van der Waals surface area contributed by atoms with Gasteiger partial charge in [0.15, 0.2) is 0 Å². The van der Waals surface area contributed by atoms with Crippen LogP contribution in [-0.4, -0.2) is 37.7 Å². The Morgan fingerprint density at radius 3 is 2.52 bits per heavy atom. The molecule has 0 saturated heterocycles. The Balaban J connectivity index is 2.41. The van der Waals surface area contributed by atoms with Gasteiger partial charge in [-0.25, -0.2) is 18.2 Å². The van der Waals surface area contributed by atoms with Crippen LogP contribution in [-0.2, 0) is 19.6 Å². The van der Waals surface area contributed by atoms with Gasteiger partial charge >= 0.3 is 5.97 Å². The third kappa shape index (κ3) is 3.51. The lowest BCUT2D eigenvalue weighted by Gasteiger charge is -2.18. The van der Waals surface area contributed by atoms with E-state index in [1.807, 2.05) is 6.92 Å². The highest BCUT2D eigenvalue weighted by atomic mass is 32.2. The van der Waals surface area contributed by atoms with Crippen molar-refractivity contribution in [3.63, 3.8) is 0 Å². The first kappa shape index (κ1) is 17.4. The number of nitrogens with zero attached hydrogens (tertiary/aromatic N) is 2. The summed E-state index contributed by atoms with van der Waals surface area (Å²) < 4.78 is 31.6. The molecule has 0 unspecified atom stereocenters. The fourth-order valence-corrected chi connectivity index (χ4v) is 3.77. The Kier molecular flexibility index (Phi) is 5.33. The van der Waals surface area contributed by atoms with Gasteiger partial charge in [-0.3, -0.25) is 0 Å². The van der Waals surface area contributed by atoms with Crippen molar-refractivity contribution in [1.82, 2.24) is 4.31 Å². The number of hydrogen-bond acceptors (Lipinski definition) is 5. The number of sulfonamides is 1. The normalized spacial score (nSPS) is 16.8. The van der Waals surface area contributed by atoms with E-state index in [0.29, 0.717) is 25.1 Å². The van der Waals surface area contributed by atoms with E-state index in [9.17, 15) is 13.2 Å². The Hall–Kier alpha value is -1.99. The van der Waals surface area contributed by atoms with Crippen LogP contribution in [0.2, 0.25) is 0 Å². The highest BCUT2D eigenvalue weighted by molar-refractivity contribution is 7.89. The van der Waals surface area contributed by atoms with Gasteiger partial charge in [-0.1, -0.05) is 32.9 Å². The van der Waals surface area contributed by atoms with Gasteiger partial charge in [-0.2, -0.15) is 4.31 Å². The highest BCUT2D eigenvalue weighted by Crippen LogP contribution is 2.21. The Morgan fingerprint density at radius 2 is 1.91 bits per heavy atom. The number of esters is 1. The van der Waals surface area contributed by atoms with E-state index in [1.54, 1.807) is 32.1 Å². The van der Waals surface area contributed by atoms with Crippen molar-refractivity contribution in [3.05, 3.63) is 41.6 Å². The monoisotopic (exact) mass is 336 g/mol. The van der Waals surface area contributed by atoms with Crippen LogP contribution >= 0.6 is 0 Å². The van der Waals surface area contributed by atoms with E-state index in [0.717, 1.165) is 0 Å². The van der Waals surface area contributed by atoms with Gasteiger partial charge in [-0.05, 0) is 24.6 Å². The number of cyclic esters (lactones) is 1. The van der Waals surface area contributed by atoms with Crippen molar-refractivity contribution in [2.45, 2.75) is 32.1 Å². The van der Waals surface area contributed by atoms with Crippen molar-refractivity contribution < 1.29 is 17.9 Å². The van der Waals surface area contributed by atoms with Crippen molar-refractivity contribution >= 4 is 21.9 Å². The Morgan fingerprint density at radius 1 is 1.22 bits per heavy atom. The molecule has 0 spiro atoms. The molecule has 1 aromatic rings. The summed E-state index contributed by atoms with van der Waals surface area (Å²) in [6, 6.07) is 6.29. The van der Waals surface area contributed by atoms with Crippen molar-refractivity contribution in [1.29, 1.82) is 0 Å². The van der Waals surface area contributed by atoms with Gasteiger partial charge in [0, 0.05) is 18.7 Å². The maximum absolute atomic E-state index is 12.6. The van der Waals surface area contributed by atoms with Crippen molar-refractivity contribution in [2.75, 3.05) is 13.1 Å². The number of allylic oxidation sites excluding steroid dienone is 1. The lowest BCUT2D eigenvalue weighted by atomic mass is 10.2. The van der Waals surface area contributed by atoms with Crippen LogP contribution in [0.1, 0.15) is 32.8 Å². The zero-order chi connectivity index (χ0) is 17.0. The third-order valence-corrected chi connectivity index (χ3v) is 5.49. The molecule has 0 saturated carbocycles. The predicted molar refractivity (Wildman–Crippen MR) is 87.6 cm³/mol. The minimum Gasteiger partial charge on any atom is -0.402 e. The Labute approximate surface area is 136 Å². The van der Waals surface area contributed by atoms with Crippen LogP contribution in [0.4, 0.5) is 0 Å². The number of ether oxygens (including phenoxy) is 1. The largest absolute Gasteiger partial charge is 0.402 e. The van der Waals surface area contributed by atoms with Gasteiger partial charge in [0.05, 0.1) is 4.90 Å². The molecule has 1 aliphatic rings. The SMILES string of the molecule is CC/C=C1\N=C(c2cccc(S(=O)(=O)N(CC)CC)c2)OC1=O. The van der Waals surface area contributed by atoms with Gasteiger partial charge in [0.1, 0.15) is 5.70 Å². The first-order chi connectivity index (χ1) is 10.9. The zero-order valence-electron chi connectivity index (χ0n) is 13.4. The molecular weight excluding hydrogens is 316 g/mol. The molecule has 1 heterocycles. The summed E-state index contributed by atoms with van der Waals surface area (Å²) in [6.45, 7) is 6.25. The molecule has 6 nitrogen and oxygen atoms in total. The molecule has 0 N–H and O–H groups in total. The number of aliphatic imine (C=N–C) groups is 1. The molecule has 23 heavy (non-hydrogen) atoms. The summed E-state index contributed by atoms with van der Waals surface area (Å²) >= 11 is 0. The van der Waals surface area contributed by atoms with Crippen LogP contribution in [0.5, 0.6) is 0 Å². The van der Waals surface area contributed by atoms with Crippen LogP contribution in [0.3, 0.4) is 0 Å². The number of rotatable bonds is 6. The molecule has 1 aromatic carbocycles. The molecule has 0 fully saturated rings. The molecule has 124 valence electrons. The minimum atomic E-state index is -3.57. The second-order valence-electron chi connectivity index (χ2n) is 4.92. The molecule has 0 atom stereocenters. The molecule has 0 aliphatic carbocycles. The average Bonchev–Trinajstić information content (AvgIpc) is 2.90. The fraction of sp³-hybridized carbons (Fsp3) is 0.375. The second-order valence-corrected chi connectivity index (χ2v) is 6.86. The summed E-state index contributed by atoms with van der Waals surface area (Å²) in [6.07, 6.45) is 2.34. The molecule has 2 rings (SSSR count). The van der Waals surface area contributed by atoms with Gasteiger partial charge in [0.25, 0.3) is 0 Å². The van der Waals surface area contributed by atoms with E-state index in [2.05, 4.69) is 4.99 Å². The molecule has 0 bridgehead atoms. The lowest BCUT2D eigenvalue weighted by molar-refractivity contribution is -0.130. The molecule has 7 heteroatoms. The number of hydrogen-bond donors (Lipinski definition) is 0. The summed E-state index contributed by atoms with van der Waals surface area (Å²) in [5.74, 6) is -0.384. The predicted octanol–water partition coefficient (Wildman–Crippen LogP) is 2.31. The zero-order valence-corrected chi connectivity index (χ0v) is 14.3. The van der Waals surface area contributed by atoms with E-state index in [-0.39, 0.29) is 16.5 Å². The van der Waals surface area contributed by atoms with E-state index < -0.39 is 16.0 Å². The first-order valence-corrected chi connectivity index (χ1v) is 8.99. The molecule has 0 radical (unpaired) electrons. The molecule has 0 aromatic heterocycles.